The molecule has 3 heteroatoms. The maximum absolute atomic E-state index is 5.44. The third-order valence-electron chi connectivity index (χ3n) is 4.90. The van der Waals surface area contributed by atoms with Crippen LogP contribution in [0.5, 0.6) is 0 Å². The molecule has 1 aromatic rings. The fraction of sp³-hybridized carbons (Fsp3) is 0.750. The minimum atomic E-state index is 0.847. The number of hydrogen-bond donors (Lipinski definition) is 0. The lowest BCUT2D eigenvalue weighted by atomic mass is 9.84. The summed E-state index contributed by atoms with van der Waals surface area (Å²) in [5, 5.41) is 0. The van der Waals surface area contributed by atoms with E-state index >= 15 is 0 Å². The Morgan fingerprint density at radius 2 is 1.95 bits per heavy atom. The smallest absolute Gasteiger partial charge is 0.117 e. The van der Waals surface area contributed by atoms with Crippen molar-refractivity contribution in [3.63, 3.8) is 0 Å². The van der Waals surface area contributed by atoms with Gasteiger partial charge in [-0.25, -0.2) is 0 Å². The van der Waals surface area contributed by atoms with Gasteiger partial charge in [-0.2, -0.15) is 0 Å². The third-order valence-corrected chi connectivity index (χ3v) is 4.90. The van der Waals surface area contributed by atoms with Gasteiger partial charge in [-0.05, 0) is 30.9 Å². The molecule has 3 rings (SSSR count). The lowest BCUT2D eigenvalue weighted by molar-refractivity contribution is 0.0494. The fourth-order valence-corrected chi connectivity index (χ4v) is 3.72. The molecular formula is C16H26N2O. The van der Waals surface area contributed by atoms with Gasteiger partial charge in [0.25, 0.3) is 0 Å². The van der Waals surface area contributed by atoms with Crippen molar-refractivity contribution in [2.75, 3.05) is 26.2 Å². The Labute approximate surface area is 116 Å². The van der Waals surface area contributed by atoms with Crippen LogP contribution in [0, 0.1) is 5.92 Å². The maximum Gasteiger partial charge on any atom is 0.117 e. The largest absolute Gasteiger partial charge is 0.468 e. The quantitative estimate of drug-likeness (QED) is 0.835. The molecule has 1 saturated heterocycles. The van der Waals surface area contributed by atoms with Crippen molar-refractivity contribution in [3.8, 4) is 0 Å². The highest BCUT2D eigenvalue weighted by Crippen LogP contribution is 2.28. The Bertz CT molecular complexity index is 368. The van der Waals surface area contributed by atoms with Crippen LogP contribution in [0.15, 0.2) is 22.8 Å². The van der Waals surface area contributed by atoms with Crippen molar-refractivity contribution < 1.29 is 4.42 Å². The van der Waals surface area contributed by atoms with Gasteiger partial charge in [0, 0.05) is 32.2 Å². The van der Waals surface area contributed by atoms with Crippen LogP contribution >= 0.6 is 0 Å². The molecule has 0 spiro atoms. The Hall–Kier alpha value is -0.800. The van der Waals surface area contributed by atoms with Crippen molar-refractivity contribution in [1.82, 2.24) is 9.80 Å². The number of rotatable bonds is 3. The SMILES string of the molecule is C[C@@H]1CCCC[C@@H]1N1CCN(Cc2ccco2)CC1. The summed E-state index contributed by atoms with van der Waals surface area (Å²) in [5.41, 5.74) is 0. The molecule has 1 aliphatic heterocycles. The lowest BCUT2D eigenvalue weighted by Crippen LogP contribution is -2.52. The van der Waals surface area contributed by atoms with Crippen molar-refractivity contribution in [3.05, 3.63) is 24.2 Å². The van der Waals surface area contributed by atoms with E-state index in [9.17, 15) is 0 Å². The van der Waals surface area contributed by atoms with Crippen LogP contribution in [-0.2, 0) is 6.54 Å². The van der Waals surface area contributed by atoms with Gasteiger partial charge in [-0.3, -0.25) is 9.80 Å². The molecule has 0 radical (unpaired) electrons. The molecule has 0 amide bonds. The van der Waals surface area contributed by atoms with Crippen LogP contribution in [0.2, 0.25) is 0 Å². The predicted octanol–water partition coefficient (Wildman–Crippen LogP) is 2.98. The van der Waals surface area contributed by atoms with Gasteiger partial charge < -0.3 is 4.42 Å². The first-order valence-electron chi connectivity index (χ1n) is 7.82. The average molecular weight is 262 g/mol. The summed E-state index contributed by atoms with van der Waals surface area (Å²) in [5.74, 6) is 1.99. The Kier molecular flexibility index (Phi) is 4.24. The molecule has 2 heterocycles. The fourth-order valence-electron chi connectivity index (χ4n) is 3.72. The van der Waals surface area contributed by atoms with Gasteiger partial charge in [0.05, 0.1) is 12.8 Å². The number of furan rings is 1. The monoisotopic (exact) mass is 262 g/mol. The lowest BCUT2D eigenvalue weighted by Gasteiger charge is -2.43. The molecule has 0 bridgehead atoms. The van der Waals surface area contributed by atoms with Crippen molar-refractivity contribution >= 4 is 0 Å². The maximum atomic E-state index is 5.44. The summed E-state index contributed by atoms with van der Waals surface area (Å²) < 4.78 is 5.44. The zero-order valence-corrected chi connectivity index (χ0v) is 12.1. The first kappa shape index (κ1) is 13.2. The van der Waals surface area contributed by atoms with E-state index in [0.29, 0.717) is 0 Å². The van der Waals surface area contributed by atoms with Gasteiger partial charge in [0.1, 0.15) is 5.76 Å². The molecule has 2 fully saturated rings. The Morgan fingerprint density at radius 1 is 1.16 bits per heavy atom. The van der Waals surface area contributed by atoms with Crippen LogP contribution in [0.4, 0.5) is 0 Å². The minimum Gasteiger partial charge on any atom is -0.468 e. The highest BCUT2D eigenvalue weighted by molar-refractivity contribution is 4.98. The van der Waals surface area contributed by atoms with Crippen LogP contribution in [0.25, 0.3) is 0 Å². The van der Waals surface area contributed by atoms with Gasteiger partial charge in [-0.1, -0.05) is 19.8 Å². The van der Waals surface area contributed by atoms with E-state index < -0.39 is 0 Å². The minimum absolute atomic E-state index is 0.847. The molecule has 1 aromatic heterocycles. The van der Waals surface area contributed by atoms with Crippen LogP contribution in [0.3, 0.4) is 0 Å². The van der Waals surface area contributed by atoms with E-state index in [1.165, 1.54) is 51.9 Å². The van der Waals surface area contributed by atoms with Gasteiger partial charge in [-0.15, -0.1) is 0 Å². The summed E-state index contributed by atoms with van der Waals surface area (Å²) in [7, 11) is 0. The van der Waals surface area contributed by atoms with E-state index in [1.54, 1.807) is 6.26 Å². The standard InChI is InChI=1S/C16H26N2O/c1-14-5-2-3-7-16(14)18-10-8-17(9-11-18)13-15-6-4-12-19-15/h4,6,12,14,16H,2-3,5,7-11,13H2,1H3/t14-,16+/m1/s1. The van der Waals surface area contributed by atoms with Crippen LogP contribution in [-0.4, -0.2) is 42.0 Å². The molecule has 106 valence electrons. The van der Waals surface area contributed by atoms with Gasteiger partial charge in [0.2, 0.25) is 0 Å². The summed E-state index contributed by atoms with van der Waals surface area (Å²) >= 11 is 0. The Balaban J connectivity index is 1.49. The number of piperazine rings is 1. The predicted molar refractivity (Wildman–Crippen MR) is 77.0 cm³/mol. The first-order chi connectivity index (χ1) is 9.33. The zero-order chi connectivity index (χ0) is 13.1. The summed E-state index contributed by atoms with van der Waals surface area (Å²) in [4.78, 5) is 5.26. The van der Waals surface area contributed by atoms with Crippen LogP contribution < -0.4 is 0 Å². The Morgan fingerprint density at radius 3 is 2.63 bits per heavy atom. The molecule has 0 N–H and O–H groups in total. The summed E-state index contributed by atoms with van der Waals surface area (Å²) in [6, 6.07) is 4.91. The second-order valence-corrected chi connectivity index (χ2v) is 6.22. The number of nitrogens with zero attached hydrogens (tertiary/aromatic N) is 2. The van der Waals surface area contributed by atoms with Crippen molar-refractivity contribution in [2.45, 2.75) is 45.2 Å². The zero-order valence-electron chi connectivity index (χ0n) is 12.1. The van der Waals surface area contributed by atoms with E-state index in [0.717, 1.165) is 24.3 Å². The molecule has 19 heavy (non-hydrogen) atoms. The molecule has 0 unspecified atom stereocenters. The van der Waals surface area contributed by atoms with E-state index in [2.05, 4.69) is 22.8 Å². The van der Waals surface area contributed by atoms with Gasteiger partial charge >= 0.3 is 0 Å². The molecule has 1 saturated carbocycles. The third kappa shape index (κ3) is 3.21. The highest BCUT2D eigenvalue weighted by Gasteiger charge is 2.29. The van der Waals surface area contributed by atoms with Crippen molar-refractivity contribution in [1.29, 1.82) is 0 Å². The summed E-state index contributed by atoms with van der Waals surface area (Å²) in [6.07, 6.45) is 7.49. The molecule has 3 nitrogen and oxygen atoms in total. The molecular weight excluding hydrogens is 236 g/mol. The van der Waals surface area contributed by atoms with Crippen molar-refractivity contribution in [2.24, 2.45) is 5.92 Å². The summed E-state index contributed by atoms with van der Waals surface area (Å²) in [6.45, 7) is 8.25. The number of hydrogen-bond acceptors (Lipinski definition) is 3. The molecule has 0 aromatic carbocycles. The van der Waals surface area contributed by atoms with Crippen LogP contribution in [0.1, 0.15) is 38.4 Å². The average Bonchev–Trinajstić information content (AvgIpc) is 2.93. The van der Waals surface area contributed by atoms with E-state index in [1.807, 2.05) is 6.07 Å². The highest BCUT2D eigenvalue weighted by atomic mass is 16.3. The first-order valence-corrected chi connectivity index (χ1v) is 7.82. The normalized spacial score (nSPS) is 30.6. The second kappa shape index (κ2) is 6.10. The van der Waals surface area contributed by atoms with E-state index in [4.69, 9.17) is 4.42 Å². The van der Waals surface area contributed by atoms with E-state index in [-0.39, 0.29) is 0 Å². The molecule has 2 aliphatic rings. The molecule has 2 atom stereocenters. The van der Waals surface area contributed by atoms with Gasteiger partial charge in [0.15, 0.2) is 0 Å². The molecule has 1 aliphatic carbocycles. The topological polar surface area (TPSA) is 19.6 Å². The second-order valence-electron chi connectivity index (χ2n) is 6.22.